The van der Waals surface area contributed by atoms with Crippen molar-refractivity contribution in [2.75, 3.05) is 0 Å². The van der Waals surface area contributed by atoms with Crippen LogP contribution in [0.3, 0.4) is 0 Å². The number of rotatable bonds is 4. The zero-order valence-electron chi connectivity index (χ0n) is 24.6. The fraction of sp³-hybridized carbons (Fsp3) is 0.132. The molecule has 0 aliphatic carbocycles. The van der Waals surface area contributed by atoms with E-state index in [1.807, 2.05) is 60.8 Å². The number of benzene rings is 3. The third kappa shape index (κ3) is 6.19. The second-order valence-electron chi connectivity index (χ2n) is 10.4. The molecule has 0 N–H and O–H groups in total. The molecule has 7 rings (SSSR count). The van der Waals surface area contributed by atoms with Crippen molar-refractivity contribution in [1.82, 2.24) is 15.0 Å². The van der Waals surface area contributed by atoms with Crippen LogP contribution in [0.5, 0.6) is 0 Å². The second kappa shape index (κ2) is 13.2. The molecule has 0 saturated heterocycles. The van der Waals surface area contributed by atoms with Crippen LogP contribution < -0.4 is 0 Å². The molecule has 5 heteroatoms. The summed E-state index contributed by atoms with van der Waals surface area (Å²) in [5.74, 6) is 0. The van der Waals surface area contributed by atoms with Crippen LogP contribution in [0.15, 0.2) is 108 Å². The number of nitrogens with zero attached hydrogens (tertiary/aromatic N) is 3. The van der Waals surface area contributed by atoms with Crippen molar-refractivity contribution < 1.29 is 24.5 Å². The van der Waals surface area contributed by atoms with Crippen molar-refractivity contribution in [2.24, 2.45) is 0 Å². The Morgan fingerprint density at radius 3 is 2.23 bits per heavy atom. The van der Waals surface area contributed by atoms with Crippen LogP contribution in [0.2, 0.25) is 0 Å². The molecular weight excluding hydrogens is 707 g/mol. The molecule has 0 saturated carbocycles. The summed E-state index contributed by atoms with van der Waals surface area (Å²) >= 11 is 0. The molecule has 43 heavy (non-hydrogen) atoms. The largest absolute Gasteiger partial charge is 0.486 e. The third-order valence-electron chi connectivity index (χ3n) is 7.54. The number of furan rings is 1. The van der Waals surface area contributed by atoms with Gasteiger partial charge in [0.1, 0.15) is 0 Å². The van der Waals surface area contributed by atoms with Crippen molar-refractivity contribution in [3.63, 3.8) is 0 Å². The molecule has 215 valence electrons. The Kier molecular flexibility index (Phi) is 9.25. The molecule has 4 heterocycles. The maximum absolute atomic E-state index is 6.30. The van der Waals surface area contributed by atoms with Gasteiger partial charge in [0.2, 0.25) is 5.71 Å². The molecule has 4 aromatic heterocycles. The van der Waals surface area contributed by atoms with E-state index in [4.69, 9.17) is 9.40 Å². The Bertz CT molecular complexity index is 1940. The summed E-state index contributed by atoms with van der Waals surface area (Å²) in [6.07, 6.45) is 4.69. The predicted molar refractivity (Wildman–Crippen MR) is 171 cm³/mol. The van der Waals surface area contributed by atoms with Crippen LogP contribution in [0.1, 0.15) is 29.2 Å². The second-order valence-corrected chi connectivity index (χ2v) is 10.4. The van der Waals surface area contributed by atoms with Crippen LogP contribution in [-0.2, 0) is 26.5 Å². The third-order valence-corrected chi connectivity index (χ3v) is 7.54. The molecule has 4 nitrogen and oxygen atoms in total. The minimum Gasteiger partial charge on any atom is -0.486 e. The van der Waals surface area contributed by atoms with Gasteiger partial charge in [0, 0.05) is 43.4 Å². The van der Waals surface area contributed by atoms with E-state index in [0.29, 0.717) is 5.71 Å². The number of hydrogen-bond acceptors (Lipinski definition) is 4. The standard InChI is InChI=1S/C27H23N2O.C11H8N.Ir/c1-5-19-14-24(28-15-18(19)4)22-11-7-10-20-21-12-13-23(29-27(21)30-26(20)22)25-16(2)8-6-9-17(25)3;1-2-6-10(7-3-1)11-8-4-5-9-12-11;/h6-10,12-15H,5H2,1-4H3;1-6,8-9H;/q2*-1;. The normalized spacial score (nSPS) is 10.7. The molecule has 0 fully saturated rings. The van der Waals surface area contributed by atoms with Gasteiger partial charge in [-0.2, -0.15) is 0 Å². The first-order valence-corrected chi connectivity index (χ1v) is 14.2. The van der Waals surface area contributed by atoms with Gasteiger partial charge >= 0.3 is 0 Å². The van der Waals surface area contributed by atoms with E-state index < -0.39 is 0 Å². The first-order valence-electron chi connectivity index (χ1n) is 14.2. The van der Waals surface area contributed by atoms with Crippen molar-refractivity contribution in [3.05, 3.63) is 138 Å². The average Bonchev–Trinajstić information content (AvgIpc) is 3.41. The van der Waals surface area contributed by atoms with Gasteiger partial charge in [-0.1, -0.05) is 59.8 Å². The minimum absolute atomic E-state index is 0. The number of aryl methyl sites for hydroxylation is 4. The SMILES string of the molecule is CCc1cc(-c2[c-]ccc3c2oc2nc(-c4c(C)cccc4C)ccc23)ncc1C.[Ir].[c-]1ccccc1-c1ccccn1. The van der Waals surface area contributed by atoms with E-state index in [1.165, 1.54) is 27.8 Å². The zero-order chi connectivity index (χ0) is 29.1. The van der Waals surface area contributed by atoms with Gasteiger partial charge in [-0.3, -0.25) is 0 Å². The molecule has 1 radical (unpaired) electrons. The van der Waals surface area contributed by atoms with Crippen LogP contribution in [0, 0.1) is 32.9 Å². The van der Waals surface area contributed by atoms with Crippen molar-refractivity contribution >= 4 is 22.1 Å². The molecular formula is C38H31IrN3O-2. The van der Waals surface area contributed by atoms with Crippen molar-refractivity contribution in [3.8, 4) is 33.8 Å². The fourth-order valence-corrected chi connectivity index (χ4v) is 5.33. The first kappa shape index (κ1) is 30.0. The molecule has 0 aliphatic heterocycles. The predicted octanol–water partition coefficient (Wildman–Crippen LogP) is 9.54. The average molecular weight is 738 g/mol. The van der Waals surface area contributed by atoms with E-state index in [1.54, 1.807) is 6.20 Å². The molecule has 3 aromatic carbocycles. The van der Waals surface area contributed by atoms with Gasteiger partial charge < -0.3 is 14.4 Å². The van der Waals surface area contributed by atoms with E-state index in [0.717, 1.165) is 51.0 Å². The van der Waals surface area contributed by atoms with Gasteiger partial charge in [-0.15, -0.1) is 54.1 Å². The Labute approximate surface area is 266 Å². The van der Waals surface area contributed by atoms with E-state index in [-0.39, 0.29) is 20.1 Å². The fourth-order valence-electron chi connectivity index (χ4n) is 5.33. The molecule has 0 bridgehead atoms. The topological polar surface area (TPSA) is 51.8 Å². The van der Waals surface area contributed by atoms with Gasteiger partial charge in [0.15, 0.2) is 0 Å². The minimum atomic E-state index is 0. The van der Waals surface area contributed by atoms with E-state index in [9.17, 15) is 0 Å². The van der Waals surface area contributed by atoms with Crippen LogP contribution in [-0.4, -0.2) is 15.0 Å². The zero-order valence-corrected chi connectivity index (χ0v) is 27.0. The summed E-state index contributed by atoms with van der Waals surface area (Å²) in [4.78, 5) is 13.8. The monoisotopic (exact) mass is 738 g/mol. The van der Waals surface area contributed by atoms with Crippen LogP contribution >= 0.6 is 0 Å². The number of hydrogen-bond donors (Lipinski definition) is 0. The molecule has 0 atom stereocenters. The van der Waals surface area contributed by atoms with Gasteiger partial charge in [-0.05, 0) is 73.5 Å². The Balaban J connectivity index is 0.000000238. The maximum atomic E-state index is 6.30. The van der Waals surface area contributed by atoms with E-state index in [2.05, 4.69) is 86.2 Å². The Hall–Kier alpha value is -4.44. The van der Waals surface area contributed by atoms with Crippen LogP contribution in [0.4, 0.5) is 0 Å². The molecule has 0 aliphatic rings. The summed E-state index contributed by atoms with van der Waals surface area (Å²) in [6.45, 7) is 8.50. The summed E-state index contributed by atoms with van der Waals surface area (Å²) in [5, 5.41) is 2.05. The summed E-state index contributed by atoms with van der Waals surface area (Å²) in [6, 6.07) is 36.8. The molecule has 0 spiro atoms. The van der Waals surface area contributed by atoms with Crippen molar-refractivity contribution in [2.45, 2.75) is 34.1 Å². The summed E-state index contributed by atoms with van der Waals surface area (Å²) < 4.78 is 6.30. The Morgan fingerprint density at radius 1 is 0.698 bits per heavy atom. The maximum Gasteiger partial charge on any atom is 0.216 e. The number of aromatic nitrogens is 3. The van der Waals surface area contributed by atoms with Gasteiger partial charge in [-0.25, -0.2) is 4.98 Å². The molecule has 0 amide bonds. The van der Waals surface area contributed by atoms with Gasteiger partial charge in [0.05, 0.1) is 11.3 Å². The quantitative estimate of drug-likeness (QED) is 0.169. The summed E-state index contributed by atoms with van der Waals surface area (Å²) in [5.41, 5.74) is 12.2. The van der Waals surface area contributed by atoms with Crippen LogP contribution in [0.25, 0.3) is 55.8 Å². The number of fused-ring (bicyclic) bond motifs is 3. The van der Waals surface area contributed by atoms with Gasteiger partial charge in [0.25, 0.3) is 0 Å². The molecule has 7 aromatic rings. The smallest absolute Gasteiger partial charge is 0.216 e. The van der Waals surface area contributed by atoms with Crippen molar-refractivity contribution in [1.29, 1.82) is 0 Å². The summed E-state index contributed by atoms with van der Waals surface area (Å²) in [7, 11) is 0. The Morgan fingerprint density at radius 2 is 1.51 bits per heavy atom. The van der Waals surface area contributed by atoms with E-state index >= 15 is 0 Å². The number of pyridine rings is 3. The first-order chi connectivity index (χ1) is 20.5. The molecule has 0 unspecified atom stereocenters.